The molecule has 3 atom stereocenters. The average molecular weight is 254 g/mol. The Morgan fingerprint density at radius 2 is 2.00 bits per heavy atom. The number of nitrogens with one attached hydrogen (secondary N) is 2. The van der Waals surface area contributed by atoms with E-state index in [1.165, 1.54) is 19.3 Å². The molecule has 2 aliphatic carbocycles. The summed E-state index contributed by atoms with van der Waals surface area (Å²) in [6, 6.07) is 0.241. The highest BCUT2D eigenvalue weighted by Crippen LogP contribution is 2.29. The number of hydrogen-bond donors (Lipinski definition) is 3. The summed E-state index contributed by atoms with van der Waals surface area (Å²) in [6.45, 7) is 2.79. The van der Waals surface area contributed by atoms with Gasteiger partial charge in [0.05, 0.1) is 6.10 Å². The summed E-state index contributed by atoms with van der Waals surface area (Å²) in [5, 5.41) is 15.5. The van der Waals surface area contributed by atoms with Crippen molar-refractivity contribution in [2.45, 2.75) is 64.0 Å². The maximum atomic E-state index is 11.7. The fourth-order valence-electron chi connectivity index (χ4n) is 3.00. The molecule has 3 unspecified atom stereocenters. The molecule has 0 aromatic heterocycles. The number of carbonyl (C=O) groups excluding carboxylic acids is 1. The van der Waals surface area contributed by atoms with E-state index in [4.69, 9.17) is 0 Å². The van der Waals surface area contributed by atoms with E-state index in [0.717, 1.165) is 25.7 Å². The van der Waals surface area contributed by atoms with Crippen molar-refractivity contribution < 1.29 is 9.90 Å². The van der Waals surface area contributed by atoms with Crippen molar-refractivity contribution in [2.75, 3.05) is 6.54 Å². The second-order valence-electron chi connectivity index (χ2n) is 6.02. The Balaban J connectivity index is 1.61. The first-order valence-corrected chi connectivity index (χ1v) is 7.37. The van der Waals surface area contributed by atoms with Gasteiger partial charge in [0.15, 0.2) is 0 Å². The number of hydrogen-bond acceptors (Lipinski definition) is 2. The van der Waals surface area contributed by atoms with Crippen LogP contribution in [0.3, 0.4) is 0 Å². The van der Waals surface area contributed by atoms with E-state index in [2.05, 4.69) is 17.6 Å². The lowest BCUT2D eigenvalue weighted by Crippen LogP contribution is -2.47. The maximum absolute atomic E-state index is 11.7. The quantitative estimate of drug-likeness (QED) is 0.719. The van der Waals surface area contributed by atoms with Gasteiger partial charge in [0.1, 0.15) is 0 Å². The van der Waals surface area contributed by atoms with E-state index >= 15 is 0 Å². The van der Waals surface area contributed by atoms with Crippen LogP contribution in [-0.4, -0.2) is 29.8 Å². The van der Waals surface area contributed by atoms with Crippen LogP contribution in [0, 0.1) is 11.8 Å². The van der Waals surface area contributed by atoms with Crippen LogP contribution >= 0.6 is 0 Å². The Kier molecular flexibility index (Phi) is 4.87. The van der Waals surface area contributed by atoms with Crippen LogP contribution in [0.4, 0.5) is 4.79 Å². The minimum absolute atomic E-state index is 0.0468. The molecule has 0 bridgehead atoms. The Hall–Kier alpha value is -0.770. The van der Waals surface area contributed by atoms with E-state index in [9.17, 15) is 9.90 Å². The van der Waals surface area contributed by atoms with Crippen LogP contribution < -0.4 is 10.6 Å². The van der Waals surface area contributed by atoms with Crippen molar-refractivity contribution in [1.29, 1.82) is 0 Å². The van der Waals surface area contributed by atoms with Gasteiger partial charge in [-0.3, -0.25) is 0 Å². The molecule has 0 aromatic rings. The topological polar surface area (TPSA) is 61.4 Å². The number of aliphatic hydroxyl groups excluding tert-OH is 1. The summed E-state index contributed by atoms with van der Waals surface area (Å²) >= 11 is 0. The molecule has 4 nitrogen and oxygen atoms in total. The molecule has 4 heteroatoms. The molecule has 3 N–H and O–H groups in total. The van der Waals surface area contributed by atoms with Gasteiger partial charge >= 0.3 is 6.03 Å². The van der Waals surface area contributed by atoms with Crippen LogP contribution in [0.2, 0.25) is 0 Å². The molecule has 2 amide bonds. The van der Waals surface area contributed by atoms with E-state index in [-0.39, 0.29) is 18.2 Å². The van der Waals surface area contributed by atoms with Crippen LogP contribution in [0.25, 0.3) is 0 Å². The second-order valence-corrected chi connectivity index (χ2v) is 6.02. The van der Waals surface area contributed by atoms with E-state index in [1.54, 1.807) is 0 Å². The van der Waals surface area contributed by atoms with Crippen molar-refractivity contribution in [2.24, 2.45) is 11.8 Å². The molecule has 0 spiro atoms. The summed E-state index contributed by atoms with van der Waals surface area (Å²) in [6.07, 6.45) is 7.58. The molecule has 0 aromatic carbocycles. The van der Waals surface area contributed by atoms with Gasteiger partial charge in [-0.05, 0) is 50.9 Å². The van der Waals surface area contributed by atoms with Crippen LogP contribution in [-0.2, 0) is 0 Å². The number of carbonyl (C=O) groups is 1. The van der Waals surface area contributed by atoms with Gasteiger partial charge in [-0.2, -0.15) is 0 Å². The van der Waals surface area contributed by atoms with Gasteiger partial charge in [-0.15, -0.1) is 0 Å². The van der Waals surface area contributed by atoms with Gasteiger partial charge in [-0.1, -0.05) is 12.8 Å². The molecule has 18 heavy (non-hydrogen) atoms. The van der Waals surface area contributed by atoms with Gasteiger partial charge < -0.3 is 15.7 Å². The third-order valence-electron chi connectivity index (χ3n) is 4.52. The molecule has 0 saturated heterocycles. The highest BCUT2D eigenvalue weighted by Gasteiger charge is 2.25. The van der Waals surface area contributed by atoms with Gasteiger partial charge in [0.25, 0.3) is 0 Å². The first-order valence-electron chi connectivity index (χ1n) is 7.37. The maximum Gasteiger partial charge on any atom is 0.315 e. The fraction of sp³-hybridized carbons (Fsp3) is 0.929. The fourth-order valence-corrected chi connectivity index (χ4v) is 3.00. The monoisotopic (exact) mass is 254 g/mol. The second kappa shape index (κ2) is 6.41. The predicted molar refractivity (Wildman–Crippen MR) is 71.3 cm³/mol. The zero-order valence-corrected chi connectivity index (χ0v) is 11.3. The van der Waals surface area contributed by atoms with Crippen LogP contribution in [0.15, 0.2) is 0 Å². The van der Waals surface area contributed by atoms with Gasteiger partial charge in [-0.25, -0.2) is 4.79 Å². The largest absolute Gasteiger partial charge is 0.393 e. The molecule has 2 rings (SSSR count). The lowest BCUT2D eigenvalue weighted by Gasteiger charge is -2.32. The summed E-state index contributed by atoms with van der Waals surface area (Å²) in [4.78, 5) is 11.7. The highest BCUT2D eigenvalue weighted by atomic mass is 16.3. The van der Waals surface area contributed by atoms with Crippen molar-refractivity contribution in [1.82, 2.24) is 10.6 Å². The van der Waals surface area contributed by atoms with E-state index in [0.29, 0.717) is 18.4 Å². The molecule has 0 heterocycles. The average Bonchev–Trinajstić information content (AvgIpc) is 2.24. The van der Waals surface area contributed by atoms with E-state index < -0.39 is 0 Å². The van der Waals surface area contributed by atoms with Crippen LogP contribution in [0.1, 0.15) is 51.9 Å². The number of rotatable bonds is 4. The number of aliphatic hydroxyl groups is 1. The normalized spacial score (nSPS) is 30.3. The smallest absolute Gasteiger partial charge is 0.315 e. The summed E-state index contributed by atoms with van der Waals surface area (Å²) < 4.78 is 0. The summed E-state index contributed by atoms with van der Waals surface area (Å²) in [5.41, 5.74) is 0. The summed E-state index contributed by atoms with van der Waals surface area (Å²) in [5.74, 6) is 1.12. The minimum atomic E-state index is -0.164. The molecule has 2 saturated carbocycles. The molecule has 2 aliphatic rings. The molecule has 0 radical (unpaired) electrons. The third-order valence-corrected chi connectivity index (χ3v) is 4.52. The standard InChI is InChI=1S/C14H26N2O2/c1-10(12-5-3-6-12)16-14(18)15-9-11-4-2-7-13(17)8-11/h10-13,17H,2-9H2,1H3,(H2,15,16,18). The van der Waals surface area contributed by atoms with Crippen LogP contribution in [0.5, 0.6) is 0 Å². The lowest BCUT2D eigenvalue weighted by molar-refractivity contribution is 0.101. The minimum Gasteiger partial charge on any atom is -0.393 e. The Labute approximate surface area is 110 Å². The van der Waals surface area contributed by atoms with E-state index in [1.807, 2.05) is 0 Å². The number of urea groups is 1. The van der Waals surface area contributed by atoms with Gasteiger partial charge in [0, 0.05) is 12.6 Å². The van der Waals surface area contributed by atoms with Crippen molar-refractivity contribution in [3.05, 3.63) is 0 Å². The highest BCUT2D eigenvalue weighted by molar-refractivity contribution is 5.74. The first kappa shape index (κ1) is 13.7. The van der Waals surface area contributed by atoms with Crippen molar-refractivity contribution >= 4 is 6.03 Å². The van der Waals surface area contributed by atoms with Crippen molar-refractivity contribution in [3.8, 4) is 0 Å². The predicted octanol–water partition coefficient (Wildman–Crippen LogP) is 2.03. The molecular formula is C14H26N2O2. The third kappa shape index (κ3) is 3.87. The summed E-state index contributed by atoms with van der Waals surface area (Å²) in [7, 11) is 0. The molecule has 104 valence electrons. The lowest BCUT2D eigenvalue weighted by atomic mass is 9.80. The zero-order valence-electron chi connectivity index (χ0n) is 11.3. The zero-order chi connectivity index (χ0) is 13.0. The first-order chi connectivity index (χ1) is 8.65. The van der Waals surface area contributed by atoms with Crippen molar-refractivity contribution in [3.63, 3.8) is 0 Å². The Morgan fingerprint density at radius 1 is 1.28 bits per heavy atom. The Bertz CT molecular complexity index is 279. The molecule has 2 fully saturated rings. The van der Waals surface area contributed by atoms with Gasteiger partial charge in [0.2, 0.25) is 0 Å². The molecular weight excluding hydrogens is 228 g/mol. The number of amides is 2. The molecule has 0 aliphatic heterocycles. The Morgan fingerprint density at radius 3 is 2.61 bits per heavy atom. The SMILES string of the molecule is CC(NC(=O)NCC1CCCC(O)C1)C1CCC1.